The molecule has 0 bridgehead atoms. The van der Waals surface area contributed by atoms with E-state index in [0.29, 0.717) is 76.3 Å². The molecule has 70 heavy (non-hydrogen) atoms. The molecule has 8 saturated carbocycles. The fraction of sp³-hybridized carbons (Fsp3) is 0.694. The number of aliphatic hydroxyl groups is 5. The summed E-state index contributed by atoms with van der Waals surface area (Å²) in [5.41, 5.74) is 7.46. The number of nitrogens with one attached hydrogen (secondary N) is 2. The lowest BCUT2D eigenvalue weighted by Crippen LogP contribution is -2.36. The summed E-state index contributed by atoms with van der Waals surface area (Å²) in [6.07, 6.45) is 41.7. The maximum absolute atomic E-state index is 10.9. The number of rotatable bonds is 10. The van der Waals surface area contributed by atoms with Gasteiger partial charge in [0.25, 0.3) is 0 Å². The molecule has 6 unspecified atom stereocenters. The Labute approximate surface area is 428 Å². The zero-order chi connectivity index (χ0) is 50.6. The van der Waals surface area contributed by atoms with Crippen molar-refractivity contribution in [2.24, 2.45) is 63.6 Å². The van der Waals surface area contributed by atoms with Crippen molar-refractivity contribution in [3.05, 3.63) is 112 Å². The van der Waals surface area contributed by atoms with Crippen molar-refractivity contribution in [1.29, 1.82) is 0 Å². The Morgan fingerprint density at radius 3 is 1.49 bits per heavy atom. The minimum absolute atomic E-state index is 0.232. The van der Waals surface area contributed by atoms with E-state index in [1.165, 1.54) is 70.6 Å². The van der Waals surface area contributed by atoms with Crippen LogP contribution in [0.5, 0.6) is 0 Å². The van der Waals surface area contributed by atoms with Crippen molar-refractivity contribution in [2.45, 2.75) is 207 Å². The molecular formula is C62H94N2O5S. The predicted octanol–water partition coefficient (Wildman–Crippen LogP) is 14.1. The van der Waals surface area contributed by atoms with E-state index in [2.05, 4.69) is 132 Å². The van der Waals surface area contributed by atoms with Crippen LogP contribution in [0.25, 0.3) is 0 Å². The molecule has 8 aliphatic carbocycles. The highest BCUT2D eigenvalue weighted by Crippen LogP contribution is 2.61. The molecule has 0 spiro atoms. The average molecular weight is 980 g/mol. The van der Waals surface area contributed by atoms with E-state index in [9.17, 15) is 25.5 Å². The summed E-state index contributed by atoms with van der Waals surface area (Å²) < 4.78 is 0.676. The van der Waals surface area contributed by atoms with Crippen LogP contribution in [-0.2, 0) is 0 Å². The Bertz CT molecular complexity index is 2190. The molecular weight excluding hydrogens is 885 g/mol. The van der Waals surface area contributed by atoms with Crippen LogP contribution < -0.4 is 0 Å². The first kappa shape index (κ1) is 54.9. The molecule has 1 aromatic heterocycles. The molecule has 8 aliphatic rings. The molecule has 13 atom stereocenters. The fourth-order valence-electron chi connectivity index (χ4n) is 15.1. The molecule has 0 aromatic carbocycles. The molecule has 0 saturated heterocycles. The molecule has 8 fully saturated rings. The third-order valence-electron chi connectivity index (χ3n) is 20.1. The van der Waals surface area contributed by atoms with Gasteiger partial charge in [-0.25, -0.2) is 0 Å². The summed E-state index contributed by atoms with van der Waals surface area (Å²) in [7, 11) is 0. The van der Waals surface area contributed by atoms with Gasteiger partial charge in [-0.3, -0.25) is 0 Å². The van der Waals surface area contributed by atoms with Crippen LogP contribution >= 0.6 is 12.2 Å². The van der Waals surface area contributed by atoms with Crippen molar-refractivity contribution in [2.75, 3.05) is 0 Å². The Hall–Kier alpha value is -2.85. The van der Waals surface area contributed by atoms with Gasteiger partial charge >= 0.3 is 0 Å². The van der Waals surface area contributed by atoms with Gasteiger partial charge < -0.3 is 35.5 Å². The van der Waals surface area contributed by atoms with Crippen LogP contribution in [0.4, 0.5) is 0 Å². The van der Waals surface area contributed by atoms with Crippen LogP contribution in [0.2, 0.25) is 0 Å². The van der Waals surface area contributed by atoms with Gasteiger partial charge in [0.05, 0.1) is 30.0 Å². The second-order valence-corrected chi connectivity index (χ2v) is 25.1. The van der Waals surface area contributed by atoms with Crippen molar-refractivity contribution in [1.82, 2.24) is 9.97 Å². The van der Waals surface area contributed by atoms with Gasteiger partial charge in [-0.05, 0) is 195 Å². The number of imidazole rings is 1. The zero-order valence-electron chi connectivity index (χ0n) is 44.4. The molecule has 1 heterocycles. The SMILES string of the molecule is C=C1/C(=C\C=C2/CCCC3(C)C2CC[C@@H]3[C@H](C)/C=C/C2(C(C)C)CC2)C[C@@H](O)CC1O.C=C1/C(=C\C=C2/CCCC3(C)C2CC[C@@H]3[C@H](C)/C=C/[C@@H](C)C2(O)CCCC2)C[C@@H](O)CC1O.S=c1[nH]cc[nH]1. The van der Waals surface area contributed by atoms with Gasteiger partial charge in [0.1, 0.15) is 0 Å². The minimum Gasteiger partial charge on any atom is -0.393 e. The van der Waals surface area contributed by atoms with E-state index < -0.39 is 30.0 Å². The molecule has 1 aromatic rings. The van der Waals surface area contributed by atoms with E-state index in [-0.39, 0.29) is 5.92 Å². The summed E-state index contributed by atoms with van der Waals surface area (Å²) in [4.78, 5) is 5.52. The molecule has 0 radical (unpaired) electrons. The van der Waals surface area contributed by atoms with Crippen molar-refractivity contribution >= 4 is 12.2 Å². The lowest BCUT2D eigenvalue weighted by atomic mass is 9.61. The number of hydrogen-bond donors (Lipinski definition) is 7. The molecule has 8 heteroatoms. The monoisotopic (exact) mass is 979 g/mol. The highest BCUT2D eigenvalue weighted by molar-refractivity contribution is 7.71. The highest BCUT2D eigenvalue weighted by atomic mass is 32.1. The second kappa shape index (κ2) is 23.1. The summed E-state index contributed by atoms with van der Waals surface area (Å²) in [6.45, 7) is 25.0. The van der Waals surface area contributed by atoms with E-state index in [0.717, 1.165) is 66.2 Å². The number of aromatic amines is 2. The van der Waals surface area contributed by atoms with E-state index in [1.807, 2.05) is 0 Å². The third-order valence-corrected chi connectivity index (χ3v) is 20.4. The summed E-state index contributed by atoms with van der Waals surface area (Å²) in [5.74, 6) is 4.88. The Kier molecular flexibility index (Phi) is 18.2. The summed E-state index contributed by atoms with van der Waals surface area (Å²) in [6, 6.07) is 0. The highest BCUT2D eigenvalue weighted by Gasteiger charge is 2.52. The third kappa shape index (κ3) is 12.4. The smallest absolute Gasteiger partial charge is 0.174 e. The second-order valence-electron chi connectivity index (χ2n) is 24.7. The number of hydrogen-bond acceptors (Lipinski definition) is 6. The number of aliphatic hydroxyl groups excluding tert-OH is 4. The summed E-state index contributed by atoms with van der Waals surface area (Å²) in [5, 5.41) is 51.4. The van der Waals surface area contributed by atoms with Crippen LogP contribution in [0.15, 0.2) is 108 Å². The van der Waals surface area contributed by atoms with Gasteiger partial charge in [-0.2, -0.15) is 0 Å². The van der Waals surface area contributed by atoms with Crippen LogP contribution in [0, 0.1) is 68.4 Å². The lowest BCUT2D eigenvalue weighted by Gasteiger charge is -2.44. The lowest BCUT2D eigenvalue weighted by molar-refractivity contribution is 0.0124. The maximum atomic E-state index is 10.9. The first-order chi connectivity index (χ1) is 33.2. The topological polar surface area (TPSA) is 133 Å². The van der Waals surface area contributed by atoms with Crippen LogP contribution in [-0.4, -0.2) is 65.5 Å². The molecule has 388 valence electrons. The van der Waals surface area contributed by atoms with Crippen molar-refractivity contribution in [3.8, 4) is 0 Å². The molecule has 0 aliphatic heterocycles. The minimum atomic E-state index is -0.622. The quantitative estimate of drug-likeness (QED) is 0.0923. The van der Waals surface area contributed by atoms with Gasteiger partial charge in [0, 0.05) is 31.2 Å². The standard InChI is InChI=1S/C30H46O3.C29H44O2.C3H4N2S/c1-20(9-10-21(2)30(33)16-5-6-17-30)26-13-14-27-23(8-7-15-29(26,27)4)11-12-24-18-25(31)19-28(32)22(24)3;1-19(2)29(15-16-29)14-12-20(3)25-10-11-26-22(7-6-13-28(25,26)5)8-9-23-17-24(30)18-27(31)21(23)4;6-3-4-1-2-5-3/h9-12,20-21,25-28,31-33H,3,5-8,13-19H2,1-2,4H3;8-9,12,14,19-20,24-27,30-31H,4,6-7,10-11,13,15-18H2,1-3,5H3;1-2H,(H2,4,5,6)/b10-9+,23-11+,24-12-;14-12+,22-8+,23-9-;/t20-,21-,25-,26-,27?,28?,29?;20-,24-,25-,26?,27?,28?;/m11./s1. The molecule has 0 amide bonds. The molecule has 9 rings (SSSR count). The first-order valence-corrected chi connectivity index (χ1v) is 28.3. The van der Waals surface area contributed by atoms with Crippen molar-refractivity contribution in [3.63, 3.8) is 0 Å². The van der Waals surface area contributed by atoms with E-state index >= 15 is 0 Å². The Morgan fingerprint density at radius 1 is 0.614 bits per heavy atom. The Balaban J connectivity index is 0.000000184. The number of H-pyrrole nitrogens is 2. The largest absolute Gasteiger partial charge is 0.393 e. The van der Waals surface area contributed by atoms with E-state index in [1.54, 1.807) is 23.5 Å². The number of allylic oxidation sites excluding steroid dienone is 9. The predicted molar refractivity (Wildman–Crippen MR) is 291 cm³/mol. The Morgan fingerprint density at radius 2 is 1.07 bits per heavy atom. The van der Waals surface area contributed by atoms with Crippen LogP contribution in [0.3, 0.4) is 0 Å². The van der Waals surface area contributed by atoms with E-state index in [4.69, 9.17) is 0 Å². The van der Waals surface area contributed by atoms with Gasteiger partial charge in [-0.1, -0.05) is 134 Å². The number of fused-ring (bicyclic) bond motifs is 2. The average Bonchev–Trinajstić information content (AvgIpc) is 3.64. The number of aromatic nitrogens is 2. The molecule has 7 N–H and O–H groups in total. The zero-order valence-corrected chi connectivity index (χ0v) is 45.2. The van der Waals surface area contributed by atoms with Crippen molar-refractivity contribution < 1.29 is 25.5 Å². The summed E-state index contributed by atoms with van der Waals surface area (Å²) >= 11 is 4.63. The van der Waals surface area contributed by atoms with Gasteiger partial charge in [0.15, 0.2) is 4.77 Å². The molecule has 7 nitrogen and oxygen atoms in total. The van der Waals surface area contributed by atoms with Gasteiger partial charge in [0.2, 0.25) is 0 Å². The van der Waals surface area contributed by atoms with Crippen LogP contribution in [0.1, 0.15) is 177 Å². The fourth-order valence-corrected chi connectivity index (χ4v) is 15.3. The first-order valence-electron chi connectivity index (χ1n) is 27.9. The maximum Gasteiger partial charge on any atom is 0.174 e. The van der Waals surface area contributed by atoms with Gasteiger partial charge in [-0.15, -0.1) is 0 Å². The normalized spacial score (nSPS) is 38.4.